The number of amides is 1. The second kappa shape index (κ2) is 9.54. The van der Waals surface area contributed by atoms with Gasteiger partial charge < -0.3 is 16.1 Å². The highest BCUT2D eigenvalue weighted by Crippen LogP contribution is 2.37. The van der Waals surface area contributed by atoms with Crippen molar-refractivity contribution in [2.24, 2.45) is 5.41 Å². The Morgan fingerprint density at radius 2 is 2.05 bits per heavy atom. The molecule has 0 radical (unpaired) electrons. The molecular formula is C27H27ClFN7O. The Hall–Kier alpha value is -3.87. The number of hydrazine groups is 2. The van der Waals surface area contributed by atoms with Crippen molar-refractivity contribution < 1.29 is 10.6 Å². The minimum Gasteiger partial charge on any atom is -0.373 e. The standard InChI is InChI=1S/C27H27ClFN7O/c1-27(2,3)26(37)33-23-16(12-30)13-31-25-20(23)10-18(11-21(25)28)32-24(15-4-6-17(29)7-5-15)22-14-36(35-34-22)19-8-9-19/h4-7,10-11,13-14,19,24,32,34-35H,8-9H2,1-3H3,(H,31,33,37)/t24-/m1/s1/i24D. The first kappa shape index (κ1) is 23.5. The molecule has 1 aromatic heterocycles. The molecule has 1 fully saturated rings. The van der Waals surface area contributed by atoms with Gasteiger partial charge in [-0.05, 0) is 42.7 Å². The molecule has 4 N–H and O–H groups in total. The number of nitriles is 1. The third kappa shape index (κ3) is 5.17. The van der Waals surface area contributed by atoms with E-state index in [4.69, 9.17) is 11.6 Å². The lowest BCUT2D eigenvalue weighted by atomic mass is 9.95. The molecule has 8 nitrogen and oxygen atoms in total. The summed E-state index contributed by atoms with van der Waals surface area (Å²) in [6.45, 7) is 5.32. The van der Waals surface area contributed by atoms with Crippen LogP contribution in [0.25, 0.3) is 10.9 Å². The SMILES string of the molecule is [2H][C@](Nc1cc(Cl)c2ncc(C#N)c(NC(=O)C(C)(C)C)c2c1)(C1=CN(C2CC2)NN1)c1ccc(F)cc1. The van der Waals surface area contributed by atoms with Crippen LogP contribution in [0.2, 0.25) is 5.02 Å². The van der Waals surface area contributed by atoms with Crippen molar-refractivity contribution in [3.8, 4) is 6.07 Å². The molecule has 0 spiro atoms. The van der Waals surface area contributed by atoms with Crippen LogP contribution in [0.15, 0.2) is 54.5 Å². The minimum atomic E-state index is -1.57. The van der Waals surface area contributed by atoms with Gasteiger partial charge in [-0.15, -0.1) is 5.53 Å². The van der Waals surface area contributed by atoms with E-state index >= 15 is 0 Å². The van der Waals surface area contributed by atoms with Crippen molar-refractivity contribution in [2.75, 3.05) is 10.6 Å². The van der Waals surface area contributed by atoms with Crippen molar-refractivity contribution in [2.45, 2.75) is 45.7 Å². The fourth-order valence-corrected chi connectivity index (χ4v) is 4.18. The van der Waals surface area contributed by atoms with Crippen LogP contribution in [-0.2, 0) is 4.79 Å². The van der Waals surface area contributed by atoms with Crippen LogP contribution in [0, 0.1) is 22.6 Å². The lowest BCUT2D eigenvalue weighted by molar-refractivity contribution is -0.123. The third-order valence-electron chi connectivity index (χ3n) is 6.16. The van der Waals surface area contributed by atoms with Crippen molar-refractivity contribution in [1.29, 1.82) is 5.26 Å². The molecule has 3 aromatic rings. The molecule has 190 valence electrons. The summed E-state index contributed by atoms with van der Waals surface area (Å²) in [4.78, 5) is 17.2. The van der Waals surface area contributed by atoms with Crippen molar-refractivity contribution in [1.82, 2.24) is 21.0 Å². The smallest absolute Gasteiger partial charge is 0.229 e. The third-order valence-corrected chi connectivity index (χ3v) is 6.45. The van der Waals surface area contributed by atoms with Crippen LogP contribution < -0.4 is 21.6 Å². The van der Waals surface area contributed by atoms with Gasteiger partial charge in [-0.1, -0.05) is 44.5 Å². The molecule has 0 unspecified atom stereocenters. The molecule has 10 heteroatoms. The molecule has 2 aliphatic rings. The first-order valence-electron chi connectivity index (χ1n) is 12.4. The number of halogens is 2. The Morgan fingerprint density at radius 3 is 2.70 bits per heavy atom. The predicted molar refractivity (Wildman–Crippen MR) is 142 cm³/mol. The lowest BCUT2D eigenvalue weighted by Crippen LogP contribution is -2.38. The monoisotopic (exact) mass is 520 g/mol. The molecule has 1 saturated carbocycles. The van der Waals surface area contributed by atoms with Gasteiger partial charge in [0.2, 0.25) is 5.91 Å². The summed E-state index contributed by atoms with van der Waals surface area (Å²) in [6.07, 6.45) is 5.29. The highest BCUT2D eigenvalue weighted by Gasteiger charge is 2.32. The number of carbonyl (C=O) groups is 1. The molecule has 1 aliphatic carbocycles. The van der Waals surface area contributed by atoms with Crippen LogP contribution in [0.4, 0.5) is 15.8 Å². The van der Waals surface area contributed by atoms with Gasteiger partial charge in [0.25, 0.3) is 0 Å². The lowest BCUT2D eigenvalue weighted by Gasteiger charge is -2.23. The van der Waals surface area contributed by atoms with Crippen LogP contribution in [0.5, 0.6) is 0 Å². The maximum absolute atomic E-state index is 13.8. The average molecular weight is 521 g/mol. The van der Waals surface area contributed by atoms with Gasteiger partial charge >= 0.3 is 0 Å². The number of aromatic nitrogens is 1. The Labute approximate surface area is 220 Å². The number of pyridine rings is 1. The molecule has 37 heavy (non-hydrogen) atoms. The zero-order valence-corrected chi connectivity index (χ0v) is 21.4. The van der Waals surface area contributed by atoms with Crippen LogP contribution >= 0.6 is 11.6 Å². The van der Waals surface area contributed by atoms with Gasteiger partial charge in [0.1, 0.15) is 11.9 Å². The van der Waals surface area contributed by atoms with Gasteiger partial charge in [-0.25, -0.2) is 4.39 Å². The molecule has 1 atom stereocenters. The van der Waals surface area contributed by atoms with Gasteiger partial charge in [0.15, 0.2) is 0 Å². The quantitative estimate of drug-likeness (QED) is 0.346. The Bertz CT molecular complexity index is 1490. The highest BCUT2D eigenvalue weighted by molar-refractivity contribution is 6.36. The summed E-state index contributed by atoms with van der Waals surface area (Å²) in [5, 5.41) is 18.5. The number of fused-ring (bicyclic) bond motifs is 1. The van der Waals surface area contributed by atoms with E-state index in [9.17, 15) is 15.8 Å². The highest BCUT2D eigenvalue weighted by atomic mass is 35.5. The normalized spacial score (nSPS) is 17.4. The molecule has 1 amide bonds. The second-order valence-electron chi connectivity index (χ2n) is 10.1. The first-order chi connectivity index (χ1) is 18.0. The second-order valence-corrected chi connectivity index (χ2v) is 10.5. The number of nitrogens with zero attached hydrogens (tertiary/aromatic N) is 3. The van der Waals surface area contributed by atoms with Gasteiger partial charge in [0.05, 0.1) is 34.9 Å². The molecule has 0 bridgehead atoms. The van der Waals surface area contributed by atoms with Crippen LogP contribution in [-0.4, -0.2) is 21.9 Å². The van der Waals surface area contributed by atoms with Crippen LogP contribution in [0.1, 0.15) is 52.1 Å². The van der Waals surface area contributed by atoms with E-state index in [1.165, 1.54) is 18.3 Å². The number of hydrogen-bond donors (Lipinski definition) is 4. The molecule has 5 rings (SSSR count). The van der Waals surface area contributed by atoms with E-state index in [-0.39, 0.29) is 16.5 Å². The first-order valence-corrected chi connectivity index (χ1v) is 12.3. The van der Waals surface area contributed by atoms with Crippen LogP contribution in [0.3, 0.4) is 0 Å². The number of hydrogen-bond acceptors (Lipinski definition) is 7. The number of nitrogens with one attached hydrogen (secondary N) is 4. The summed E-state index contributed by atoms with van der Waals surface area (Å²) in [7, 11) is 0. The topological polar surface area (TPSA) is 105 Å². The van der Waals surface area contributed by atoms with Gasteiger partial charge in [0, 0.05) is 34.9 Å². The Kier molecular flexibility index (Phi) is 6.07. The maximum Gasteiger partial charge on any atom is 0.229 e. The largest absolute Gasteiger partial charge is 0.373 e. The van der Waals surface area contributed by atoms with Crippen molar-refractivity contribution in [3.63, 3.8) is 0 Å². The maximum atomic E-state index is 13.8. The van der Waals surface area contributed by atoms with E-state index in [2.05, 4.69) is 32.6 Å². The average Bonchev–Trinajstić information content (AvgIpc) is 3.59. The summed E-state index contributed by atoms with van der Waals surface area (Å²) < 4.78 is 23.3. The number of rotatable bonds is 6. The molecule has 1 aliphatic heterocycles. The summed E-state index contributed by atoms with van der Waals surface area (Å²) in [5.41, 5.74) is 7.75. The zero-order valence-electron chi connectivity index (χ0n) is 21.6. The zero-order chi connectivity index (χ0) is 27.2. The van der Waals surface area contributed by atoms with Gasteiger partial charge in [-0.2, -0.15) is 5.26 Å². The number of carbonyl (C=O) groups excluding carboxylic acids is 1. The van der Waals surface area contributed by atoms with E-state index in [0.29, 0.717) is 39.6 Å². The predicted octanol–water partition coefficient (Wildman–Crippen LogP) is 5.37. The fraction of sp³-hybridized carbons (Fsp3) is 0.296. The Balaban J connectivity index is 1.62. The minimum absolute atomic E-state index is 0.184. The van der Waals surface area contributed by atoms with Crippen molar-refractivity contribution >= 4 is 39.8 Å². The van der Waals surface area contributed by atoms with E-state index < -0.39 is 17.3 Å². The van der Waals surface area contributed by atoms with E-state index in [0.717, 1.165) is 12.8 Å². The molecule has 2 aromatic carbocycles. The molecular weight excluding hydrogens is 493 g/mol. The summed E-state index contributed by atoms with van der Waals surface area (Å²) in [5.74, 6) is -0.686. The molecule has 2 heterocycles. The molecule has 0 saturated heterocycles. The van der Waals surface area contributed by atoms with Crippen molar-refractivity contribution in [3.05, 3.63) is 76.5 Å². The Morgan fingerprint density at radius 1 is 1.32 bits per heavy atom. The summed E-state index contributed by atoms with van der Waals surface area (Å²) >= 11 is 6.62. The van der Waals surface area contributed by atoms with Gasteiger partial charge in [-0.3, -0.25) is 14.8 Å². The van der Waals surface area contributed by atoms with E-state index in [1.54, 1.807) is 45.0 Å². The van der Waals surface area contributed by atoms with E-state index in [1.807, 2.05) is 11.2 Å². The number of benzene rings is 2. The fourth-order valence-electron chi connectivity index (χ4n) is 3.91. The summed E-state index contributed by atoms with van der Waals surface area (Å²) in [6, 6.07) is 9.88. The number of anilines is 2.